The Labute approximate surface area is 169 Å². The maximum atomic E-state index is 15.5. The third-order valence-electron chi connectivity index (χ3n) is 5.21. The predicted octanol–water partition coefficient (Wildman–Crippen LogP) is 3.62. The molecule has 3 rings (SSSR count). The van der Waals surface area contributed by atoms with Crippen LogP contribution in [-0.4, -0.2) is 60.0 Å². The molecule has 0 amide bonds. The fourth-order valence-corrected chi connectivity index (χ4v) is 3.63. The van der Waals surface area contributed by atoms with Crippen LogP contribution in [0.15, 0.2) is 12.5 Å². The summed E-state index contributed by atoms with van der Waals surface area (Å²) in [4.78, 5) is 11.2. The van der Waals surface area contributed by atoms with Crippen molar-refractivity contribution in [2.45, 2.75) is 63.6 Å². The Balaban J connectivity index is 1.86. The molecule has 0 spiro atoms. The first-order chi connectivity index (χ1) is 14.0. The lowest BCUT2D eigenvalue weighted by Gasteiger charge is -2.25. The van der Waals surface area contributed by atoms with Gasteiger partial charge in [-0.15, -0.1) is 0 Å². The van der Waals surface area contributed by atoms with E-state index in [4.69, 9.17) is 14.2 Å². The van der Waals surface area contributed by atoms with Crippen LogP contribution in [0, 0.1) is 0 Å². The Morgan fingerprint density at radius 1 is 1.14 bits per heavy atom. The number of aromatic nitrogens is 3. The molecule has 29 heavy (non-hydrogen) atoms. The standard InChI is InChI=1S/C20H30F2N4O3/c1-4-6-8-28-11-14-18(29-9-7-5-2)20(21,22)17(26-14)13-10-23-16-15(13)24-12-25-19(16)27-3/h10,12,14,17-18,23,26H,4-9,11H2,1-3H3/t14-,17+,18-/m1/s1. The van der Waals surface area contributed by atoms with Crippen molar-refractivity contribution in [2.24, 2.45) is 0 Å². The molecule has 0 bridgehead atoms. The molecule has 0 saturated carbocycles. The average molecular weight is 412 g/mol. The summed E-state index contributed by atoms with van der Waals surface area (Å²) in [5.74, 6) is -2.81. The zero-order valence-corrected chi connectivity index (χ0v) is 17.2. The molecule has 0 aliphatic carbocycles. The van der Waals surface area contributed by atoms with Crippen molar-refractivity contribution in [3.05, 3.63) is 18.1 Å². The zero-order chi connectivity index (χ0) is 20.9. The predicted molar refractivity (Wildman–Crippen MR) is 105 cm³/mol. The number of halogens is 2. The van der Waals surface area contributed by atoms with Gasteiger partial charge in [0.05, 0.1) is 19.8 Å². The molecular weight excluding hydrogens is 382 g/mol. The second kappa shape index (κ2) is 9.77. The van der Waals surface area contributed by atoms with Crippen LogP contribution in [0.3, 0.4) is 0 Å². The van der Waals surface area contributed by atoms with Crippen molar-refractivity contribution in [1.29, 1.82) is 0 Å². The molecule has 1 fully saturated rings. The second-order valence-corrected chi connectivity index (χ2v) is 7.30. The van der Waals surface area contributed by atoms with Crippen molar-refractivity contribution in [1.82, 2.24) is 20.3 Å². The molecule has 2 aromatic heterocycles. The molecule has 7 nitrogen and oxygen atoms in total. The van der Waals surface area contributed by atoms with E-state index in [9.17, 15) is 0 Å². The minimum absolute atomic E-state index is 0.170. The van der Waals surface area contributed by atoms with Crippen LogP contribution in [0.25, 0.3) is 11.0 Å². The van der Waals surface area contributed by atoms with Gasteiger partial charge in [0.2, 0.25) is 5.88 Å². The van der Waals surface area contributed by atoms with Crippen molar-refractivity contribution in [2.75, 3.05) is 26.9 Å². The highest BCUT2D eigenvalue weighted by Gasteiger charge is 2.59. The molecule has 3 heterocycles. The Morgan fingerprint density at radius 2 is 1.90 bits per heavy atom. The number of alkyl halides is 2. The quantitative estimate of drug-likeness (QED) is 0.549. The summed E-state index contributed by atoms with van der Waals surface area (Å²) in [7, 11) is 1.48. The number of nitrogens with zero attached hydrogens (tertiary/aromatic N) is 2. The van der Waals surface area contributed by atoms with E-state index in [1.54, 1.807) is 0 Å². The first-order valence-corrected chi connectivity index (χ1v) is 10.2. The summed E-state index contributed by atoms with van der Waals surface area (Å²) in [6, 6.07) is -1.86. The molecule has 9 heteroatoms. The molecule has 162 valence electrons. The molecule has 0 radical (unpaired) electrons. The van der Waals surface area contributed by atoms with Gasteiger partial charge >= 0.3 is 0 Å². The van der Waals surface area contributed by atoms with Gasteiger partial charge in [-0.25, -0.2) is 13.8 Å². The summed E-state index contributed by atoms with van der Waals surface area (Å²) in [5, 5.41) is 3.05. The molecule has 1 aliphatic rings. The number of H-pyrrole nitrogens is 1. The fourth-order valence-electron chi connectivity index (χ4n) is 3.63. The third kappa shape index (κ3) is 4.51. The number of rotatable bonds is 11. The Kier molecular flexibility index (Phi) is 7.37. The van der Waals surface area contributed by atoms with Gasteiger partial charge < -0.3 is 19.2 Å². The van der Waals surface area contributed by atoms with Crippen LogP contribution in [0.1, 0.15) is 51.1 Å². The van der Waals surface area contributed by atoms with Crippen molar-refractivity contribution < 1.29 is 23.0 Å². The maximum Gasteiger partial charge on any atom is 0.294 e. The van der Waals surface area contributed by atoms with Crippen LogP contribution in [0.2, 0.25) is 0 Å². The average Bonchev–Trinajstić information content (AvgIpc) is 3.24. The molecule has 2 aromatic rings. The summed E-state index contributed by atoms with van der Waals surface area (Å²) >= 11 is 0. The number of methoxy groups -OCH3 is 1. The molecular formula is C20H30F2N4O3. The van der Waals surface area contributed by atoms with E-state index in [1.165, 1.54) is 19.6 Å². The topological polar surface area (TPSA) is 81.3 Å². The van der Waals surface area contributed by atoms with Crippen LogP contribution < -0.4 is 10.1 Å². The minimum atomic E-state index is -3.13. The molecule has 0 unspecified atom stereocenters. The van der Waals surface area contributed by atoms with Gasteiger partial charge in [-0.2, -0.15) is 4.98 Å². The zero-order valence-electron chi connectivity index (χ0n) is 17.2. The van der Waals surface area contributed by atoms with Crippen LogP contribution in [-0.2, 0) is 9.47 Å². The molecule has 1 aliphatic heterocycles. The van der Waals surface area contributed by atoms with E-state index in [-0.39, 0.29) is 6.61 Å². The summed E-state index contributed by atoms with van der Waals surface area (Å²) in [6.45, 7) is 5.07. The molecule has 1 saturated heterocycles. The van der Waals surface area contributed by atoms with Crippen LogP contribution >= 0.6 is 0 Å². The highest BCUT2D eigenvalue weighted by molar-refractivity contribution is 5.83. The third-order valence-corrected chi connectivity index (χ3v) is 5.21. The van der Waals surface area contributed by atoms with E-state index in [2.05, 4.69) is 27.2 Å². The molecule has 3 atom stereocenters. The van der Waals surface area contributed by atoms with Crippen LogP contribution in [0.5, 0.6) is 5.88 Å². The van der Waals surface area contributed by atoms with Gasteiger partial charge in [0, 0.05) is 25.0 Å². The van der Waals surface area contributed by atoms with Gasteiger partial charge in [-0.05, 0) is 12.8 Å². The summed E-state index contributed by atoms with van der Waals surface area (Å²) in [5.41, 5.74) is 1.27. The molecule has 2 N–H and O–H groups in total. The highest BCUT2D eigenvalue weighted by atomic mass is 19.3. The number of hydrogen-bond acceptors (Lipinski definition) is 6. The monoisotopic (exact) mass is 412 g/mol. The Morgan fingerprint density at radius 3 is 2.62 bits per heavy atom. The number of unbranched alkanes of at least 4 members (excludes halogenated alkanes) is 2. The number of fused-ring (bicyclic) bond motifs is 1. The number of ether oxygens (including phenoxy) is 3. The van der Waals surface area contributed by atoms with E-state index in [0.29, 0.717) is 35.7 Å². The van der Waals surface area contributed by atoms with Gasteiger partial charge in [0.1, 0.15) is 29.5 Å². The minimum Gasteiger partial charge on any atom is -0.479 e. The lowest BCUT2D eigenvalue weighted by Crippen LogP contribution is -2.42. The van der Waals surface area contributed by atoms with Crippen molar-refractivity contribution >= 4 is 11.0 Å². The maximum absolute atomic E-state index is 15.5. The smallest absolute Gasteiger partial charge is 0.294 e. The van der Waals surface area contributed by atoms with E-state index >= 15 is 8.78 Å². The Hall–Kier alpha value is -1.84. The van der Waals surface area contributed by atoms with E-state index in [1.807, 2.05) is 6.92 Å². The lowest BCUT2D eigenvalue weighted by atomic mass is 10.0. The number of hydrogen-bond donors (Lipinski definition) is 2. The van der Waals surface area contributed by atoms with Crippen LogP contribution in [0.4, 0.5) is 8.78 Å². The van der Waals surface area contributed by atoms with Gasteiger partial charge in [-0.1, -0.05) is 26.7 Å². The van der Waals surface area contributed by atoms with Gasteiger partial charge in [0.15, 0.2) is 0 Å². The first kappa shape index (κ1) is 21.9. The fraction of sp³-hybridized carbons (Fsp3) is 0.700. The van der Waals surface area contributed by atoms with Gasteiger partial charge in [-0.3, -0.25) is 5.32 Å². The van der Waals surface area contributed by atoms with Crippen molar-refractivity contribution in [3.63, 3.8) is 0 Å². The van der Waals surface area contributed by atoms with E-state index in [0.717, 1.165) is 25.7 Å². The van der Waals surface area contributed by atoms with E-state index < -0.39 is 24.1 Å². The highest BCUT2D eigenvalue weighted by Crippen LogP contribution is 2.45. The first-order valence-electron chi connectivity index (χ1n) is 10.2. The summed E-state index contributed by atoms with van der Waals surface area (Å²) < 4.78 is 47.4. The number of nitrogens with one attached hydrogen (secondary N) is 2. The number of aromatic amines is 1. The second-order valence-electron chi connectivity index (χ2n) is 7.30. The largest absolute Gasteiger partial charge is 0.479 e. The molecule has 0 aromatic carbocycles. The SMILES string of the molecule is CCCCOC[C@H]1N[C@@H](c2c[nH]c3c(OC)ncnc23)C(F)(F)[C@@H]1OCCCC. The normalized spacial score (nSPS) is 23.7. The summed E-state index contributed by atoms with van der Waals surface area (Å²) in [6.07, 6.45) is 5.08. The van der Waals surface area contributed by atoms with Crippen molar-refractivity contribution in [3.8, 4) is 5.88 Å². The lowest BCUT2D eigenvalue weighted by molar-refractivity contribution is -0.134. The Bertz CT molecular complexity index is 786. The van der Waals surface area contributed by atoms with Gasteiger partial charge in [0.25, 0.3) is 5.92 Å².